The summed E-state index contributed by atoms with van der Waals surface area (Å²) in [5.41, 5.74) is -0.0744. The van der Waals surface area contributed by atoms with Crippen molar-refractivity contribution in [2.75, 3.05) is 26.3 Å². The fraction of sp³-hybridized carbons (Fsp3) is 0.235. The summed E-state index contributed by atoms with van der Waals surface area (Å²) in [7, 11) is -3.65. The smallest absolute Gasteiger partial charge is 0.343 e. The normalized spacial score (nSPS) is 15.3. The fourth-order valence-corrected chi connectivity index (χ4v) is 3.93. The number of carbonyl (C=O) groups excluding carboxylic acids is 1. The molecule has 1 fully saturated rings. The van der Waals surface area contributed by atoms with E-state index in [0.29, 0.717) is 13.2 Å². The highest BCUT2D eigenvalue weighted by Gasteiger charge is 2.26. The van der Waals surface area contributed by atoms with Crippen LogP contribution in [0, 0.1) is 10.1 Å². The van der Waals surface area contributed by atoms with Gasteiger partial charge in [0.1, 0.15) is 5.75 Å². The molecule has 10 heteroatoms. The van der Waals surface area contributed by atoms with Crippen molar-refractivity contribution in [3.8, 4) is 5.75 Å². The van der Waals surface area contributed by atoms with Gasteiger partial charge in [-0.2, -0.15) is 4.31 Å². The number of hydrogen-bond acceptors (Lipinski definition) is 7. The van der Waals surface area contributed by atoms with E-state index in [1.54, 1.807) is 0 Å². The molecular weight excluding hydrogens is 376 g/mol. The van der Waals surface area contributed by atoms with Crippen molar-refractivity contribution in [1.29, 1.82) is 0 Å². The zero-order chi connectivity index (χ0) is 19.4. The van der Waals surface area contributed by atoms with E-state index in [1.807, 2.05) is 0 Å². The van der Waals surface area contributed by atoms with E-state index in [4.69, 9.17) is 9.47 Å². The molecule has 2 aromatic rings. The van der Waals surface area contributed by atoms with E-state index in [1.165, 1.54) is 46.8 Å². The predicted octanol–water partition coefficient (Wildman–Crippen LogP) is 1.83. The monoisotopic (exact) mass is 392 g/mol. The third-order valence-electron chi connectivity index (χ3n) is 3.94. The zero-order valence-electron chi connectivity index (χ0n) is 14.1. The SMILES string of the molecule is O=C(Oc1cccc([N+](=O)[O-])c1)c1ccc(S(=O)(=O)N2CCOCC2)cc1. The first-order chi connectivity index (χ1) is 12.9. The molecule has 1 heterocycles. The molecule has 1 aliphatic rings. The largest absolute Gasteiger partial charge is 0.423 e. The van der Waals surface area contributed by atoms with Gasteiger partial charge in [0.2, 0.25) is 10.0 Å². The topological polar surface area (TPSA) is 116 Å². The van der Waals surface area contributed by atoms with Crippen molar-refractivity contribution < 1.29 is 27.6 Å². The van der Waals surface area contributed by atoms with Crippen LogP contribution in [0.1, 0.15) is 10.4 Å². The first-order valence-electron chi connectivity index (χ1n) is 8.02. The number of non-ortho nitro benzene ring substituents is 1. The summed E-state index contributed by atoms with van der Waals surface area (Å²) in [6.07, 6.45) is 0. The lowest BCUT2D eigenvalue weighted by molar-refractivity contribution is -0.384. The van der Waals surface area contributed by atoms with Gasteiger partial charge in [-0.3, -0.25) is 10.1 Å². The maximum atomic E-state index is 12.6. The number of rotatable bonds is 5. The zero-order valence-corrected chi connectivity index (χ0v) is 14.9. The van der Waals surface area contributed by atoms with E-state index in [2.05, 4.69) is 0 Å². The number of nitro benzene ring substituents is 1. The van der Waals surface area contributed by atoms with Crippen molar-refractivity contribution in [1.82, 2.24) is 4.31 Å². The highest BCUT2D eigenvalue weighted by molar-refractivity contribution is 7.89. The van der Waals surface area contributed by atoms with E-state index in [0.717, 1.165) is 6.07 Å². The van der Waals surface area contributed by atoms with E-state index in [9.17, 15) is 23.3 Å². The molecule has 0 aliphatic carbocycles. The van der Waals surface area contributed by atoms with Gasteiger partial charge in [0.05, 0.1) is 34.7 Å². The maximum absolute atomic E-state index is 12.6. The van der Waals surface area contributed by atoms with Gasteiger partial charge in [0, 0.05) is 19.2 Å². The minimum absolute atomic E-state index is 0.0271. The van der Waals surface area contributed by atoms with Crippen LogP contribution in [0.15, 0.2) is 53.4 Å². The molecule has 9 nitrogen and oxygen atoms in total. The Bertz CT molecular complexity index is 952. The van der Waals surface area contributed by atoms with Gasteiger partial charge in [-0.1, -0.05) is 6.07 Å². The number of nitrogens with zero attached hydrogens (tertiary/aromatic N) is 2. The second-order valence-electron chi connectivity index (χ2n) is 5.68. The van der Waals surface area contributed by atoms with Crippen molar-refractivity contribution in [3.63, 3.8) is 0 Å². The molecule has 3 rings (SSSR count). The lowest BCUT2D eigenvalue weighted by Gasteiger charge is -2.26. The van der Waals surface area contributed by atoms with Crippen LogP contribution in [0.5, 0.6) is 5.75 Å². The number of esters is 1. The Labute approximate surface area is 155 Å². The molecule has 0 spiro atoms. The Balaban J connectivity index is 1.74. The standard InChI is InChI=1S/C17H16N2O7S/c20-17(26-15-3-1-2-14(12-15)19(21)22)13-4-6-16(7-5-13)27(23,24)18-8-10-25-11-9-18/h1-7,12H,8-11H2. The minimum Gasteiger partial charge on any atom is -0.423 e. The number of carbonyl (C=O) groups is 1. The van der Waals surface area contributed by atoms with E-state index in [-0.39, 0.29) is 35.0 Å². The lowest BCUT2D eigenvalue weighted by atomic mass is 10.2. The van der Waals surface area contributed by atoms with Crippen molar-refractivity contribution in [2.45, 2.75) is 4.90 Å². The van der Waals surface area contributed by atoms with Gasteiger partial charge in [0.15, 0.2) is 0 Å². The highest BCUT2D eigenvalue weighted by Crippen LogP contribution is 2.21. The van der Waals surface area contributed by atoms with Gasteiger partial charge in [0.25, 0.3) is 5.69 Å². The summed E-state index contributed by atoms with van der Waals surface area (Å²) in [5.74, 6) is -0.718. The van der Waals surface area contributed by atoms with Crippen LogP contribution < -0.4 is 4.74 Å². The number of sulfonamides is 1. The average molecular weight is 392 g/mol. The molecule has 2 aromatic carbocycles. The Hall–Kier alpha value is -2.82. The fourth-order valence-electron chi connectivity index (χ4n) is 2.53. The summed E-state index contributed by atoms with van der Waals surface area (Å²) in [6.45, 7) is 1.23. The molecule has 1 saturated heterocycles. The number of ether oxygens (including phenoxy) is 2. The summed E-state index contributed by atoms with van der Waals surface area (Å²) in [5, 5.41) is 10.8. The Morgan fingerprint density at radius 1 is 1.11 bits per heavy atom. The Morgan fingerprint density at radius 3 is 2.41 bits per heavy atom. The quantitative estimate of drug-likeness (QED) is 0.330. The lowest BCUT2D eigenvalue weighted by Crippen LogP contribution is -2.40. The van der Waals surface area contributed by atoms with Crippen molar-refractivity contribution >= 4 is 21.7 Å². The molecule has 142 valence electrons. The number of nitro groups is 1. The molecule has 0 amide bonds. The first-order valence-corrected chi connectivity index (χ1v) is 9.46. The van der Waals surface area contributed by atoms with E-state index >= 15 is 0 Å². The molecule has 0 aromatic heterocycles. The van der Waals surface area contributed by atoms with Crippen LogP contribution in [0.4, 0.5) is 5.69 Å². The highest BCUT2D eigenvalue weighted by atomic mass is 32.2. The summed E-state index contributed by atoms with van der Waals surface area (Å²) in [6, 6.07) is 10.6. The van der Waals surface area contributed by atoms with E-state index < -0.39 is 20.9 Å². The summed E-state index contributed by atoms with van der Waals surface area (Å²) < 4.78 is 36.7. The molecule has 27 heavy (non-hydrogen) atoms. The number of morpholine rings is 1. The maximum Gasteiger partial charge on any atom is 0.343 e. The van der Waals surface area contributed by atoms with Gasteiger partial charge in [-0.05, 0) is 30.3 Å². The summed E-state index contributed by atoms with van der Waals surface area (Å²) in [4.78, 5) is 22.4. The minimum atomic E-state index is -3.65. The molecule has 0 atom stereocenters. The Morgan fingerprint density at radius 2 is 1.78 bits per heavy atom. The molecular formula is C17H16N2O7S. The predicted molar refractivity (Wildman–Crippen MR) is 94.1 cm³/mol. The molecule has 1 aliphatic heterocycles. The molecule has 0 bridgehead atoms. The third-order valence-corrected chi connectivity index (χ3v) is 5.85. The second kappa shape index (κ2) is 7.82. The first kappa shape index (κ1) is 19.0. The molecule has 0 unspecified atom stereocenters. The van der Waals surface area contributed by atoms with Crippen LogP contribution >= 0.6 is 0 Å². The molecule has 0 saturated carbocycles. The van der Waals surface area contributed by atoms with Crippen LogP contribution in [-0.2, 0) is 14.8 Å². The van der Waals surface area contributed by atoms with Gasteiger partial charge in [-0.25, -0.2) is 13.2 Å². The van der Waals surface area contributed by atoms with Crippen LogP contribution in [0.3, 0.4) is 0 Å². The molecule has 0 N–H and O–H groups in total. The van der Waals surface area contributed by atoms with Crippen molar-refractivity contribution in [2.24, 2.45) is 0 Å². The van der Waals surface area contributed by atoms with Crippen LogP contribution in [-0.4, -0.2) is 49.9 Å². The van der Waals surface area contributed by atoms with Crippen LogP contribution in [0.25, 0.3) is 0 Å². The summed E-state index contributed by atoms with van der Waals surface area (Å²) >= 11 is 0. The number of hydrogen-bond donors (Lipinski definition) is 0. The third kappa shape index (κ3) is 4.30. The van der Waals surface area contributed by atoms with Gasteiger partial charge < -0.3 is 9.47 Å². The van der Waals surface area contributed by atoms with Gasteiger partial charge >= 0.3 is 5.97 Å². The second-order valence-corrected chi connectivity index (χ2v) is 7.62. The van der Waals surface area contributed by atoms with Crippen LogP contribution in [0.2, 0.25) is 0 Å². The average Bonchev–Trinajstić information content (AvgIpc) is 2.69. The molecule has 0 radical (unpaired) electrons. The van der Waals surface area contributed by atoms with Gasteiger partial charge in [-0.15, -0.1) is 0 Å². The number of benzene rings is 2. The van der Waals surface area contributed by atoms with Crippen molar-refractivity contribution in [3.05, 3.63) is 64.2 Å². The Kier molecular flexibility index (Phi) is 5.49.